The molecule has 0 aliphatic heterocycles. The second kappa shape index (κ2) is 15.3. The van der Waals surface area contributed by atoms with Gasteiger partial charge in [0.25, 0.3) is 0 Å². The summed E-state index contributed by atoms with van der Waals surface area (Å²) in [5, 5.41) is 3.08. The van der Waals surface area contributed by atoms with Gasteiger partial charge in [-0.15, -0.1) is 0 Å². The van der Waals surface area contributed by atoms with Gasteiger partial charge in [0.1, 0.15) is 6.04 Å². The molecule has 0 aliphatic rings. The molecule has 2 amide bonds. The predicted octanol–water partition coefficient (Wildman–Crippen LogP) is 6.17. The minimum Gasteiger partial charge on any atom is -0.352 e. The molecule has 3 aromatic carbocycles. The van der Waals surface area contributed by atoms with Gasteiger partial charge in [-0.05, 0) is 80.1 Å². The number of halogens is 1. The highest BCUT2D eigenvalue weighted by Crippen LogP contribution is 2.23. The van der Waals surface area contributed by atoms with Crippen molar-refractivity contribution in [2.75, 3.05) is 17.1 Å². The van der Waals surface area contributed by atoms with Crippen LogP contribution in [-0.4, -0.2) is 50.0 Å². The number of nitrogens with one attached hydrogen (secondary N) is 1. The lowest BCUT2D eigenvalue weighted by atomic mass is 10.0. The maximum Gasteiger partial charge on any atom is 0.243 e. The third-order valence-electron chi connectivity index (χ3n) is 7.47. The maximum absolute atomic E-state index is 13.9. The Morgan fingerprint density at radius 1 is 0.929 bits per heavy atom. The fraction of sp³-hybridized carbons (Fsp3) is 0.394. The molecule has 0 saturated heterocycles. The number of hydrogen-bond acceptors (Lipinski definition) is 4. The van der Waals surface area contributed by atoms with Crippen LogP contribution in [0, 0.1) is 13.8 Å². The molecule has 226 valence electrons. The molecule has 0 radical (unpaired) electrons. The monoisotopic (exact) mass is 655 g/mol. The molecule has 0 bridgehead atoms. The van der Waals surface area contributed by atoms with Gasteiger partial charge in [0, 0.05) is 36.4 Å². The summed E-state index contributed by atoms with van der Waals surface area (Å²) < 4.78 is 27.7. The fourth-order valence-corrected chi connectivity index (χ4v) is 5.89. The van der Waals surface area contributed by atoms with Crippen LogP contribution >= 0.6 is 15.9 Å². The first-order valence-electron chi connectivity index (χ1n) is 14.3. The third kappa shape index (κ3) is 9.70. The van der Waals surface area contributed by atoms with E-state index in [0.717, 1.165) is 33.1 Å². The van der Waals surface area contributed by atoms with Crippen molar-refractivity contribution in [3.8, 4) is 0 Å². The summed E-state index contributed by atoms with van der Waals surface area (Å²) in [6.45, 7) is 8.29. The van der Waals surface area contributed by atoms with Gasteiger partial charge in [-0.3, -0.25) is 13.9 Å². The number of sulfonamides is 1. The number of benzene rings is 3. The normalized spacial score (nSPS) is 12.8. The van der Waals surface area contributed by atoms with E-state index in [9.17, 15) is 18.0 Å². The highest BCUT2D eigenvalue weighted by molar-refractivity contribution is 9.10. The lowest BCUT2D eigenvalue weighted by Gasteiger charge is -2.32. The van der Waals surface area contributed by atoms with E-state index in [1.807, 2.05) is 94.4 Å². The van der Waals surface area contributed by atoms with E-state index >= 15 is 0 Å². The number of nitrogens with zero attached hydrogens (tertiary/aromatic N) is 2. The van der Waals surface area contributed by atoms with E-state index in [2.05, 4.69) is 21.2 Å². The molecule has 0 saturated carbocycles. The quantitative estimate of drug-likeness (QED) is 0.225. The molecule has 1 N–H and O–H groups in total. The van der Waals surface area contributed by atoms with E-state index in [1.165, 1.54) is 10.6 Å². The van der Waals surface area contributed by atoms with Crippen molar-refractivity contribution in [1.29, 1.82) is 0 Å². The molecular formula is C33H42BrN3O4S. The van der Waals surface area contributed by atoms with Crippen molar-refractivity contribution in [2.24, 2.45) is 0 Å². The molecule has 9 heteroatoms. The Bertz CT molecular complexity index is 1450. The van der Waals surface area contributed by atoms with Gasteiger partial charge in [0.2, 0.25) is 21.8 Å². The Kier molecular flexibility index (Phi) is 12.2. The van der Waals surface area contributed by atoms with Crippen LogP contribution in [0.25, 0.3) is 0 Å². The lowest BCUT2D eigenvalue weighted by molar-refractivity contribution is -0.141. The first kappa shape index (κ1) is 33.3. The molecule has 0 aromatic heterocycles. The van der Waals surface area contributed by atoms with Gasteiger partial charge in [0.05, 0.1) is 11.9 Å². The SMILES string of the molecule is CC[C@@H](C)NC(=O)[C@@H](Cc1ccccc1)N(Cc1ccc(Br)cc1)C(=O)CCCN(c1ccc(C)c(C)c1)S(C)(=O)=O. The van der Waals surface area contributed by atoms with E-state index in [4.69, 9.17) is 0 Å². The molecule has 0 aliphatic carbocycles. The van der Waals surface area contributed by atoms with Gasteiger partial charge < -0.3 is 10.2 Å². The van der Waals surface area contributed by atoms with Crippen molar-refractivity contribution >= 4 is 43.5 Å². The van der Waals surface area contributed by atoms with Crippen molar-refractivity contribution in [1.82, 2.24) is 10.2 Å². The van der Waals surface area contributed by atoms with Crippen molar-refractivity contribution in [3.05, 3.63) is 99.5 Å². The average molecular weight is 657 g/mol. The van der Waals surface area contributed by atoms with Gasteiger partial charge >= 0.3 is 0 Å². The molecule has 3 aromatic rings. The molecular weight excluding hydrogens is 614 g/mol. The molecule has 42 heavy (non-hydrogen) atoms. The first-order chi connectivity index (χ1) is 19.9. The molecule has 0 fully saturated rings. The number of anilines is 1. The van der Waals surface area contributed by atoms with Crippen LogP contribution in [0.5, 0.6) is 0 Å². The van der Waals surface area contributed by atoms with Crippen LogP contribution < -0.4 is 9.62 Å². The number of hydrogen-bond donors (Lipinski definition) is 1. The lowest BCUT2D eigenvalue weighted by Crippen LogP contribution is -2.52. The maximum atomic E-state index is 13.9. The summed E-state index contributed by atoms with van der Waals surface area (Å²) in [6, 6.07) is 22.1. The Morgan fingerprint density at radius 2 is 1.60 bits per heavy atom. The summed E-state index contributed by atoms with van der Waals surface area (Å²) in [6.07, 6.45) is 2.71. The largest absolute Gasteiger partial charge is 0.352 e. The van der Waals surface area contributed by atoms with Crippen molar-refractivity contribution in [2.45, 2.75) is 72.0 Å². The van der Waals surface area contributed by atoms with Crippen LogP contribution in [0.4, 0.5) is 5.69 Å². The van der Waals surface area contributed by atoms with E-state index in [-0.39, 0.29) is 37.4 Å². The summed E-state index contributed by atoms with van der Waals surface area (Å²) in [7, 11) is -3.57. The van der Waals surface area contributed by atoms with E-state index in [1.54, 1.807) is 11.0 Å². The second-order valence-corrected chi connectivity index (χ2v) is 13.7. The summed E-state index contributed by atoms with van der Waals surface area (Å²) in [5.74, 6) is -0.404. The molecule has 3 rings (SSSR count). The number of amides is 2. The molecule has 0 spiro atoms. The van der Waals surface area contributed by atoms with Gasteiger partial charge in [0.15, 0.2) is 0 Å². The van der Waals surface area contributed by atoms with Gasteiger partial charge in [-0.25, -0.2) is 8.42 Å². The summed E-state index contributed by atoms with van der Waals surface area (Å²) in [5.41, 5.74) is 4.50. The zero-order valence-electron chi connectivity index (χ0n) is 25.1. The van der Waals surface area contributed by atoms with Crippen LogP contribution in [0.1, 0.15) is 55.4 Å². The predicted molar refractivity (Wildman–Crippen MR) is 174 cm³/mol. The Hall–Kier alpha value is -3.17. The van der Waals surface area contributed by atoms with E-state index in [0.29, 0.717) is 18.5 Å². The van der Waals surface area contributed by atoms with Crippen LogP contribution in [-0.2, 0) is 32.6 Å². The second-order valence-electron chi connectivity index (χ2n) is 10.9. The highest BCUT2D eigenvalue weighted by atomic mass is 79.9. The topological polar surface area (TPSA) is 86.8 Å². The van der Waals surface area contributed by atoms with E-state index < -0.39 is 16.1 Å². The zero-order valence-corrected chi connectivity index (χ0v) is 27.5. The van der Waals surface area contributed by atoms with Gasteiger partial charge in [-0.2, -0.15) is 0 Å². The highest BCUT2D eigenvalue weighted by Gasteiger charge is 2.31. The first-order valence-corrected chi connectivity index (χ1v) is 17.0. The Morgan fingerprint density at radius 3 is 2.19 bits per heavy atom. The smallest absolute Gasteiger partial charge is 0.243 e. The average Bonchev–Trinajstić information content (AvgIpc) is 2.95. The molecule has 2 atom stereocenters. The minimum absolute atomic E-state index is 0.0401. The Balaban J connectivity index is 1.89. The standard InChI is InChI=1S/C33H42BrN3O4S/c1-6-26(4)35-33(39)31(22-27-11-8-7-9-12-27)36(23-28-15-17-29(34)18-16-28)32(38)13-10-20-37(42(5,40)41)30-19-14-24(2)25(3)21-30/h7-9,11-12,14-19,21,26,31H,6,10,13,20,22-23H2,1-5H3,(H,35,39)/t26-,31-/m1/s1. The molecule has 0 unspecified atom stereocenters. The number of carbonyl (C=O) groups excluding carboxylic acids is 2. The summed E-state index contributed by atoms with van der Waals surface area (Å²) in [4.78, 5) is 29.3. The Labute approximate surface area is 259 Å². The van der Waals surface area contributed by atoms with Gasteiger partial charge in [-0.1, -0.05) is 71.4 Å². The van der Waals surface area contributed by atoms with Crippen LogP contribution in [0.15, 0.2) is 77.3 Å². The van der Waals surface area contributed by atoms with Crippen molar-refractivity contribution in [3.63, 3.8) is 0 Å². The number of carbonyl (C=O) groups is 2. The molecule has 7 nitrogen and oxygen atoms in total. The van der Waals surface area contributed by atoms with Crippen LogP contribution in [0.3, 0.4) is 0 Å². The number of aryl methyl sites for hydroxylation is 2. The minimum atomic E-state index is -3.57. The van der Waals surface area contributed by atoms with Crippen molar-refractivity contribution < 1.29 is 18.0 Å². The fourth-order valence-electron chi connectivity index (χ4n) is 4.67. The third-order valence-corrected chi connectivity index (χ3v) is 9.19. The number of rotatable bonds is 14. The molecule has 0 heterocycles. The zero-order chi connectivity index (χ0) is 30.9. The summed E-state index contributed by atoms with van der Waals surface area (Å²) >= 11 is 3.46. The van der Waals surface area contributed by atoms with Crippen LogP contribution in [0.2, 0.25) is 0 Å².